The molecule has 1 aliphatic heterocycles. The molecule has 0 spiro atoms. The van der Waals surface area contributed by atoms with Crippen LogP contribution in [0.15, 0.2) is 30.5 Å². The molecule has 1 N–H and O–H groups in total. The number of hydrogen-bond donors (Lipinski definition) is 1. The second-order valence-corrected chi connectivity index (χ2v) is 14.3. The predicted octanol–water partition coefficient (Wildman–Crippen LogP) is 7.32. The van der Waals surface area contributed by atoms with Gasteiger partial charge in [-0.2, -0.15) is 10.4 Å². The average Bonchev–Trinajstić information content (AvgIpc) is 3.54. The fourth-order valence-electron chi connectivity index (χ4n) is 5.38. The largest absolute Gasteiger partial charge is 0.444 e. The molecule has 232 valence electrons. The quantitative estimate of drug-likeness (QED) is 0.253. The van der Waals surface area contributed by atoms with Crippen LogP contribution in [-0.2, 0) is 9.47 Å². The maximum atomic E-state index is 14.0. The molecule has 2 amide bonds. The van der Waals surface area contributed by atoms with E-state index in [2.05, 4.69) is 21.5 Å². The second-order valence-electron chi connectivity index (χ2n) is 13.0. The number of carbonyl (C=O) groups is 2. The molecule has 12 heteroatoms. The van der Waals surface area contributed by atoms with E-state index in [1.165, 1.54) is 4.90 Å². The number of nitrogens with one attached hydrogen (secondary N) is 1. The lowest BCUT2D eigenvalue weighted by atomic mass is 10.0. The molecular weight excluding hydrogens is 578 g/mol. The van der Waals surface area contributed by atoms with E-state index in [1.54, 1.807) is 33.0 Å². The Kier molecular flexibility index (Phi) is 8.20. The van der Waals surface area contributed by atoms with Gasteiger partial charge in [-0.15, -0.1) is 11.3 Å². The number of hydrogen-bond acceptors (Lipinski definition) is 9. The maximum Gasteiger partial charge on any atom is 0.420 e. The number of nitrogens with zero attached hydrogens (tertiary/aromatic N) is 6. The van der Waals surface area contributed by atoms with Crippen LogP contribution in [-0.4, -0.2) is 62.0 Å². The molecule has 5 rings (SSSR count). The molecule has 3 aromatic heterocycles. The van der Waals surface area contributed by atoms with Gasteiger partial charge in [-0.25, -0.2) is 24.0 Å². The summed E-state index contributed by atoms with van der Waals surface area (Å²) < 4.78 is 14.1. The molecule has 1 atom stereocenters. The van der Waals surface area contributed by atoms with Crippen LogP contribution in [0, 0.1) is 25.2 Å². The summed E-state index contributed by atoms with van der Waals surface area (Å²) in [6, 6.07) is 9.60. The number of benzene rings is 1. The van der Waals surface area contributed by atoms with Crippen molar-refractivity contribution in [2.24, 2.45) is 0 Å². The Morgan fingerprint density at radius 1 is 1.11 bits per heavy atom. The molecule has 44 heavy (non-hydrogen) atoms. The number of piperidine rings is 1. The van der Waals surface area contributed by atoms with Crippen molar-refractivity contribution in [2.45, 2.75) is 85.5 Å². The lowest BCUT2D eigenvalue weighted by molar-refractivity contribution is 0.0206. The summed E-state index contributed by atoms with van der Waals surface area (Å²) in [5, 5.41) is 19.4. The second kappa shape index (κ2) is 11.6. The number of thiazole rings is 1. The average molecular weight is 618 g/mol. The number of rotatable bonds is 4. The summed E-state index contributed by atoms with van der Waals surface area (Å²) in [5.41, 5.74) is 2.21. The Morgan fingerprint density at radius 3 is 2.52 bits per heavy atom. The third-order valence-corrected chi connectivity index (χ3v) is 8.05. The zero-order chi connectivity index (χ0) is 32.0. The van der Waals surface area contributed by atoms with Crippen LogP contribution in [0.1, 0.15) is 70.5 Å². The Hall–Kier alpha value is -4.37. The monoisotopic (exact) mass is 617 g/mol. The molecule has 1 fully saturated rings. The van der Waals surface area contributed by atoms with Crippen molar-refractivity contribution < 1.29 is 19.1 Å². The van der Waals surface area contributed by atoms with E-state index >= 15 is 0 Å². The topological polar surface area (TPSA) is 125 Å². The van der Waals surface area contributed by atoms with Gasteiger partial charge in [0.2, 0.25) is 0 Å². The molecule has 0 radical (unpaired) electrons. The number of anilines is 3. The number of aryl methyl sites for hydroxylation is 1. The molecule has 1 aliphatic rings. The molecule has 1 aromatic carbocycles. The Balaban J connectivity index is 1.62. The summed E-state index contributed by atoms with van der Waals surface area (Å²) >= 11 is 1.54. The van der Waals surface area contributed by atoms with E-state index in [0.29, 0.717) is 46.9 Å². The molecular formula is C32H39N7O4S. The minimum absolute atomic E-state index is 0.146. The van der Waals surface area contributed by atoms with Crippen molar-refractivity contribution in [3.8, 4) is 6.07 Å². The number of likely N-dealkylation sites (tertiary alicyclic amines) is 1. The van der Waals surface area contributed by atoms with Crippen LogP contribution in [0.4, 0.5) is 26.8 Å². The zero-order valence-corrected chi connectivity index (χ0v) is 27.3. The van der Waals surface area contributed by atoms with Gasteiger partial charge in [-0.3, -0.25) is 0 Å². The minimum Gasteiger partial charge on any atom is -0.444 e. The number of amides is 2. The maximum absolute atomic E-state index is 14.0. The first-order valence-electron chi connectivity index (χ1n) is 14.7. The summed E-state index contributed by atoms with van der Waals surface area (Å²) in [4.78, 5) is 34.7. The van der Waals surface area contributed by atoms with Crippen molar-refractivity contribution in [3.05, 3.63) is 46.6 Å². The number of carbonyl (C=O) groups excluding carboxylic acids is 2. The molecule has 0 unspecified atom stereocenters. The van der Waals surface area contributed by atoms with Crippen LogP contribution in [0.25, 0.3) is 15.7 Å². The van der Waals surface area contributed by atoms with Crippen LogP contribution >= 0.6 is 11.3 Å². The van der Waals surface area contributed by atoms with Gasteiger partial charge in [0, 0.05) is 24.7 Å². The third kappa shape index (κ3) is 6.43. The van der Waals surface area contributed by atoms with Crippen molar-refractivity contribution in [3.63, 3.8) is 0 Å². The Bertz CT molecular complexity index is 1770. The van der Waals surface area contributed by atoms with Gasteiger partial charge in [0.15, 0.2) is 0 Å². The predicted molar refractivity (Wildman–Crippen MR) is 172 cm³/mol. The summed E-state index contributed by atoms with van der Waals surface area (Å²) in [6.07, 6.45) is 2.23. The highest BCUT2D eigenvalue weighted by molar-refractivity contribution is 7.18. The highest BCUT2D eigenvalue weighted by Gasteiger charge is 2.33. The zero-order valence-electron chi connectivity index (χ0n) is 26.5. The molecule has 0 saturated carbocycles. The van der Waals surface area contributed by atoms with E-state index in [9.17, 15) is 14.9 Å². The SMILES string of the molecule is Cc1nc2ccc(N(C(=O)OC(C)(C)C)c3c(C)c(N[C@H]4CCCN(C(=O)OC(C)(C)C)C4)c(C#N)c4ccnn34)cc2s1. The molecule has 0 aliphatic carbocycles. The number of aromatic nitrogens is 3. The first kappa shape index (κ1) is 31.1. The van der Waals surface area contributed by atoms with Crippen molar-refractivity contribution in [1.82, 2.24) is 19.5 Å². The Labute approximate surface area is 261 Å². The first-order valence-corrected chi connectivity index (χ1v) is 15.5. The smallest absolute Gasteiger partial charge is 0.420 e. The standard InChI is InChI=1S/C32H39N7O4S/c1-19-27(36-21-10-9-15-37(18-21)29(40)42-31(3,4)5)23(17-33)25-13-14-34-39(25)28(19)38(30(41)43-32(6,7)8)22-11-12-24-26(16-22)44-20(2)35-24/h11-14,16,21,36H,9-10,15,18H2,1-8H3/t21-/m0/s1. The number of ether oxygens (including phenoxy) is 2. The minimum atomic E-state index is -0.765. The number of pyridine rings is 1. The van der Waals surface area contributed by atoms with E-state index in [4.69, 9.17) is 9.47 Å². The molecule has 4 heterocycles. The third-order valence-electron chi connectivity index (χ3n) is 7.12. The fourth-order valence-corrected chi connectivity index (χ4v) is 6.24. The summed E-state index contributed by atoms with van der Waals surface area (Å²) in [6.45, 7) is 15.8. The highest BCUT2D eigenvalue weighted by atomic mass is 32.1. The van der Waals surface area contributed by atoms with Gasteiger partial charge in [0.1, 0.15) is 28.7 Å². The molecule has 11 nitrogen and oxygen atoms in total. The number of fused-ring (bicyclic) bond motifs is 2. The van der Waals surface area contributed by atoms with E-state index < -0.39 is 17.3 Å². The Morgan fingerprint density at radius 2 is 1.84 bits per heavy atom. The summed E-state index contributed by atoms with van der Waals surface area (Å²) in [5.74, 6) is 0.446. The van der Waals surface area contributed by atoms with Gasteiger partial charge in [-0.05, 0) is 92.5 Å². The van der Waals surface area contributed by atoms with Gasteiger partial charge in [0.05, 0.1) is 38.3 Å². The molecule has 4 aromatic rings. The lowest BCUT2D eigenvalue weighted by Gasteiger charge is -2.35. The van der Waals surface area contributed by atoms with E-state index in [1.807, 2.05) is 73.6 Å². The van der Waals surface area contributed by atoms with E-state index in [-0.39, 0.29) is 12.1 Å². The van der Waals surface area contributed by atoms with E-state index in [0.717, 1.165) is 28.1 Å². The van der Waals surface area contributed by atoms with Crippen molar-refractivity contribution >= 4 is 56.4 Å². The van der Waals surface area contributed by atoms with Gasteiger partial charge in [0.25, 0.3) is 0 Å². The van der Waals surface area contributed by atoms with Crippen LogP contribution in [0.3, 0.4) is 0 Å². The normalized spacial score (nSPS) is 15.7. The van der Waals surface area contributed by atoms with Gasteiger partial charge >= 0.3 is 12.2 Å². The van der Waals surface area contributed by atoms with Crippen LogP contribution in [0.2, 0.25) is 0 Å². The van der Waals surface area contributed by atoms with Crippen LogP contribution in [0.5, 0.6) is 0 Å². The van der Waals surface area contributed by atoms with Crippen LogP contribution < -0.4 is 10.2 Å². The number of nitriles is 1. The first-order chi connectivity index (χ1) is 20.6. The highest BCUT2D eigenvalue weighted by Crippen LogP contribution is 2.39. The summed E-state index contributed by atoms with van der Waals surface area (Å²) in [7, 11) is 0. The lowest BCUT2D eigenvalue weighted by Crippen LogP contribution is -2.47. The van der Waals surface area contributed by atoms with Gasteiger partial charge in [-0.1, -0.05) is 0 Å². The van der Waals surface area contributed by atoms with Crippen molar-refractivity contribution in [2.75, 3.05) is 23.3 Å². The fraction of sp³-hybridized carbons (Fsp3) is 0.469. The van der Waals surface area contributed by atoms with Gasteiger partial charge < -0.3 is 19.7 Å². The molecule has 0 bridgehead atoms. The van der Waals surface area contributed by atoms with Crippen molar-refractivity contribution in [1.29, 1.82) is 5.26 Å². The molecule has 1 saturated heterocycles.